The number of carboxylic acid groups (broad SMARTS) is 1. The first-order valence-corrected chi connectivity index (χ1v) is 9.65. The monoisotopic (exact) mass is 340 g/mol. The number of aliphatic carboxylic acids is 1. The summed E-state index contributed by atoms with van der Waals surface area (Å²) < 4.78 is 4.77. The van der Waals surface area contributed by atoms with Crippen molar-refractivity contribution in [3.05, 3.63) is 0 Å². The molecule has 0 spiro atoms. The van der Waals surface area contributed by atoms with Crippen LogP contribution in [0, 0.1) is 29.6 Å². The molecule has 0 bridgehead atoms. The van der Waals surface area contributed by atoms with Gasteiger partial charge in [0.1, 0.15) is 0 Å². The Morgan fingerprint density at radius 2 is 1.71 bits per heavy atom. The second-order valence-electron chi connectivity index (χ2n) is 8.11. The summed E-state index contributed by atoms with van der Waals surface area (Å²) in [4.78, 5) is 23.2. The fourth-order valence-electron chi connectivity index (χ4n) is 4.00. The van der Waals surface area contributed by atoms with Crippen molar-refractivity contribution < 1.29 is 19.4 Å². The van der Waals surface area contributed by atoms with E-state index in [2.05, 4.69) is 20.8 Å². The molecule has 0 saturated heterocycles. The van der Waals surface area contributed by atoms with Crippen LogP contribution < -0.4 is 0 Å². The summed E-state index contributed by atoms with van der Waals surface area (Å²) in [7, 11) is 1.34. The minimum absolute atomic E-state index is 0.361. The fourth-order valence-corrected chi connectivity index (χ4v) is 4.00. The van der Waals surface area contributed by atoms with Gasteiger partial charge in [-0.1, -0.05) is 59.3 Å². The number of methoxy groups -OCH3 is 1. The smallest absolute Gasteiger partial charge is 0.309 e. The molecule has 0 radical (unpaired) electrons. The third-order valence-electron chi connectivity index (χ3n) is 5.57. The largest absolute Gasteiger partial charge is 0.481 e. The van der Waals surface area contributed by atoms with Crippen LogP contribution in [0.2, 0.25) is 0 Å². The molecule has 4 unspecified atom stereocenters. The molecule has 4 heteroatoms. The number of rotatable bonds is 10. The van der Waals surface area contributed by atoms with E-state index in [1.807, 2.05) is 0 Å². The van der Waals surface area contributed by atoms with Gasteiger partial charge in [0.2, 0.25) is 0 Å². The quantitative estimate of drug-likeness (QED) is 0.574. The molecule has 4 nitrogen and oxygen atoms in total. The van der Waals surface area contributed by atoms with Gasteiger partial charge in [-0.05, 0) is 37.0 Å². The van der Waals surface area contributed by atoms with Crippen LogP contribution in [-0.4, -0.2) is 24.2 Å². The molecule has 140 valence electrons. The van der Waals surface area contributed by atoms with Gasteiger partial charge in [0.25, 0.3) is 0 Å². The van der Waals surface area contributed by atoms with E-state index in [0.29, 0.717) is 18.8 Å². The van der Waals surface area contributed by atoms with Crippen LogP contribution in [0.1, 0.15) is 78.6 Å². The molecule has 0 amide bonds. The van der Waals surface area contributed by atoms with Gasteiger partial charge < -0.3 is 9.84 Å². The van der Waals surface area contributed by atoms with Gasteiger partial charge in [0.15, 0.2) is 0 Å². The van der Waals surface area contributed by atoms with Crippen LogP contribution in [0.4, 0.5) is 0 Å². The van der Waals surface area contributed by atoms with Crippen LogP contribution in [0.15, 0.2) is 0 Å². The summed E-state index contributed by atoms with van der Waals surface area (Å²) in [6, 6.07) is 0. The van der Waals surface area contributed by atoms with Gasteiger partial charge in [-0.25, -0.2) is 0 Å². The van der Waals surface area contributed by atoms with Crippen molar-refractivity contribution in [2.24, 2.45) is 29.6 Å². The van der Waals surface area contributed by atoms with Crippen LogP contribution in [0.3, 0.4) is 0 Å². The third kappa shape index (κ3) is 7.23. The zero-order valence-electron chi connectivity index (χ0n) is 15.9. The predicted octanol–water partition coefficient (Wildman–Crippen LogP) is 4.91. The van der Waals surface area contributed by atoms with Gasteiger partial charge in [0, 0.05) is 0 Å². The van der Waals surface area contributed by atoms with Crippen molar-refractivity contribution in [1.82, 2.24) is 0 Å². The lowest BCUT2D eigenvalue weighted by atomic mass is 9.72. The lowest BCUT2D eigenvalue weighted by Crippen LogP contribution is -2.36. The number of hydrogen-bond acceptors (Lipinski definition) is 3. The molecular formula is C20H36O4. The number of carboxylic acids is 1. The number of carbonyl (C=O) groups excluding carboxylic acids is 1. The molecule has 0 aromatic heterocycles. The van der Waals surface area contributed by atoms with Crippen LogP contribution in [-0.2, 0) is 14.3 Å². The Kier molecular flexibility index (Phi) is 9.38. The van der Waals surface area contributed by atoms with Crippen LogP contribution in [0.5, 0.6) is 0 Å². The normalized spacial score (nSPS) is 25.5. The van der Waals surface area contributed by atoms with Gasteiger partial charge in [0.05, 0.1) is 18.9 Å². The van der Waals surface area contributed by atoms with Crippen molar-refractivity contribution in [2.75, 3.05) is 7.11 Å². The maximum absolute atomic E-state index is 11.8. The van der Waals surface area contributed by atoms with Crippen LogP contribution >= 0.6 is 0 Å². The Hall–Kier alpha value is -1.06. The molecule has 4 atom stereocenters. The Morgan fingerprint density at radius 3 is 2.29 bits per heavy atom. The van der Waals surface area contributed by atoms with Gasteiger partial charge >= 0.3 is 11.9 Å². The molecule has 0 aromatic carbocycles. The highest BCUT2D eigenvalue weighted by molar-refractivity contribution is 5.81. The summed E-state index contributed by atoms with van der Waals surface area (Å²) in [5.74, 6) is -0.259. The summed E-state index contributed by atoms with van der Waals surface area (Å²) >= 11 is 0. The average molecular weight is 341 g/mol. The van der Waals surface area contributed by atoms with E-state index in [1.165, 1.54) is 39.2 Å². The van der Waals surface area contributed by atoms with E-state index in [1.54, 1.807) is 0 Å². The first-order valence-electron chi connectivity index (χ1n) is 9.65. The zero-order valence-corrected chi connectivity index (χ0v) is 15.9. The number of esters is 1. The number of ether oxygens (including phenoxy) is 1. The van der Waals surface area contributed by atoms with Gasteiger partial charge in [-0.2, -0.15) is 0 Å². The summed E-state index contributed by atoms with van der Waals surface area (Å²) in [6.07, 6.45) is 9.62. The molecule has 24 heavy (non-hydrogen) atoms. The van der Waals surface area contributed by atoms with E-state index in [9.17, 15) is 14.7 Å². The first-order chi connectivity index (χ1) is 11.3. The van der Waals surface area contributed by atoms with Crippen molar-refractivity contribution in [1.29, 1.82) is 0 Å². The van der Waals surface area contributed by atoms with Gasteiger partial charge in [-0.15, -0.1) is 0 Å². The average Bonchev–Trinajstić information content (AvgIpc) is 2.53. The van der Waals surface area contributed by atoms with Crippen molar-refractivity contribution >= 4 is 11.9 Å². The van der Waals surface area contributed by atoms with Crippen molar-refractivity contribution in [2.45, 2.75) is 78.6 Å². The molecule has 0 aromatic rings. The molecule has 0 aliphatic heterocycles. The van der Waals surface area contributed by atoms with Crippen molar-refractivity contribution in [3.8, 4) is 0 Å². The van der Waals surface area contributed by atoms with Crippen molar-refractivity contribution in [3.63, 3.8) is 0 Å². The SMILES string of the molecule is COC(=O)C1CCC(CCCC(C)CCCC(C)C)CC1C(=O)O. The summed E-state index contributed by atoms with van der Waals surface area (Å²) in [5.41, 5.74) is 0. The Morgan fingerprint density at radius 1 is 1.04 bits per heavy atom. The minimum Gasteiger partial charge on any atom is -0.481 e. The zero-order chi connectivity index (χ0) is 18.1. The molecule has 1 saturated carbocycles. The Labute approximate surface area is 147 Å². The first kappa shape index (κ1) is 21.0. The lowest BCUT2D eigenvalue weighted by molar-refractivity contribution is -0.158. The highest BCUT2D eigenvalue weighted by Crippen LogP contribution is 2.37. The lowest BCUT2D eigenvalue weighted by Gasteiger charge is -2.32. The third-order valence-corrected chi connectivity index (χ3v) is 5.57. The Bertz CT molecular complexity index is 391. The maximum Gasteiger partial charge on any atom is 0.309 e. The van der Waals surface area contributed by atoms with Gasteiger partial charge in [-0.3, -0.25) is 9.59 Å². The van der Waals surface area contributed by atoms with Crippen LogP contribution in [0.25, 0.3) is 0 Å². The Balaban J connectivity index is 2.32. The molecular weight excluding hydrogens is 304 g/mol. The topological polar surface area (TPSA) is 63.6 Å². The molecule has 1 aliphatic carbocycles. The maximum atomic E-state index is 11.8. The summed E-state index contributed by atoms with van der Waals surface area (Å²) in [6.45, 7) is 6.87. The van der Waals surface area contributed by atoms with E-state index >= 15 is 0 Å². The standard InChI is InChI=1S/C20H36O4/c1-14(2)7-5-8-15(3)9-6-10-16-11-12-17(20(23)24-4)18(13-16)19(21)22/h14-18H,5-13H2,1-4H3,(H,21,22). The highest BCUT2D eigenvalue weighted by Gasteiger charge is 2.39. The molecule has 1 fully saturated rings. The second kappa shape index (κ2) is 10.7. The minimum atomic E-state index is -0.850. The molecule has 0 heterocycles. The molecule has 1 N–H and O–H groups in total. The second-order valence-corrected chi connectivity index (χ2v) is 8.11. The number of hydrogen-bond donors (Lipinski definition) is 1. The molecule has 1 rings (SSSR count). The summed E-state index contributed by atoms with van der Waals surface area (Å²) in [5, 5.41) is 9.42. The fraction of sp³-hybridized carbons (Fsp3) is 0.900. The van der Waals surface area contributed by atoms with E-state index in [-0.39, 0.29) is 5.97 Å². The van der Waals surface area contributed by atoms with E-state index in [0.717, 1.165) is 24.7 Å². The molecule has 1 aliphatic rings. The highest BCUT2D eigenvalue weighted by atomic mass is 16.5. The number of carbonyl (C=O) groups is 2. The van der Waals surface area contributed by atoms with E-state index < -0.39 is 17.8 Å². The predicted molar refractivity (Wildman–Crippen MR) is 95.7 cm³/mol. The van der Waals surface area contributed by atoms with E-state index in [4.69, 9.17) is 4.74 Å².